The van der Waals surface area contributed by atoms with Crippen molar-refractivity contribution in [2.24, 2.45) is 0 Å². The quantitative estimate of drug-likeness (QED) is 0.145. The topological polar surface area (TPSA) is 121 Å². The van der Waals surface area contributed by atoms with Crippen LogP contribution in [-0.2, 0) is 40.2 Å². The van der Waals surface area contributed by atoms with Crippen molar-refractivity contribution in [1.82, 2.24) is 24.9 Å². The molecule has 3 aromatic carbocycles. The largest absolute Gasteiger partial charge is 0.508 e. The maximum absolute atomic E-state index is 12.7. The van der Waals surface area contributed by atoms with Gasteiger partial charge in [0, 0.05) is 50.5 Å². The molecule has 0 aliphatic rings. The number of phenolic OH excluding ortho intramolecular Hbond substituents is 1. The minimum Gasteiger partial charge on any atom is -0.508 e. The first-order valence-corrected chi connectivity index (χ1v) is 16.7. The SMILES string of the molecule is Cc1ccc(S(=O)(=O)OC(CNC(C)C)COc2ccc(CCn3cccn3)cc2)cc1.Oc1ccc(CCn2cccn2)cc1. The van der Waals surface area contributed by atoms with Gasteiger partial charge in [0.2, 0.25) is 0 Å². The van der Waals surface area contributed by atoms with E-state index >= 15 is 0 Å². The van der Waals surface area contributed by atoms with Crippen LogP contribution in [0.2, 0.25) is 0 Å². The van der Waals surface area contributed by atoms with Crippen molar-refractivity contribution in [3.63, 3.8) is 0 Å². The Balaban J connectivity index is 0.000000284. The molecule has 5 aromatic rings. The van der Waals surface area contributed by atoms with Crippen molar-refractivity contribution in [1.29, 1.82) is 0 Å². The molecule has 0 saturated heterocycles. The summed E-state index contributed by atoms with van der Waals surface area (Å²) < 4.78 is 40.6. The summed E-state index contributed by atoms with van der Waals surface area (Å²) in [7, 11) is -3.89. The molecule has 0 bridgehead atoms. The van der Waals surface area contributed by atoms with Gasteiger partial charge in [-0.3, -0.25) is 13.5 Å². The number of aromatic nitrogens is 4. The Bertz CT molecular complexity index is 1660. The fourth-order valence-corrected chi connectivity index (χ4v) is 5.45. The minimum atomic E-state index is -3.89. The zero-order valence-electron chi connectivity index (χ0n) is 26.6. The second-order valence-electron chi connectivity index (χ2n) is 11.2. The van der Waals surface area contributed by atoms with Crippen molar-refractivity contribution in [3.05, 3.63) is 126 Å². The molecule has 244 valence electrons. The summed E-state index contributed by atoms with van der Waals surface area (Å²) >= 11 is 0. The molecule has 10 nitrogen and oxygen atoms in total. The van der Waals surface area contributed by atoms with Crippen molar-refractivity contribution in [2.75, 3.05) is 13.2 Å². The molecule has 1 unspecified atom stereocenters. The van der Waals surface area contributed by atoms with Crippen LogP contribution in [0.25, 0.3) is 0 Å². The van der Waals surface area contributed by atoms with Gasteiger partial charge in [-0.2, -0.15) is 18.6 Å². The van der Waals surface area contributed by atoms with E-state index in [9.17, 15) is 8.42 Å². The predicted octanol–water partition coefficient (Wildman–Crippen LogP) is 5.42. The number of ether oxygens (including phenoxy) is 1. The van der Waals surface area contributed by atoms with E-state index in [1.807, 2.05) is 91.1 Å². The highest BCUT2D eigenvalue weighted by Gasteiger charge is 2.23. The molecular weight excluding hydrogens is 602 g/mol. The van der Waals surface area contributed by atoms with Gasteiger partial charge >= 0.3 is 0 Å². The molecule has 5 rings (SSSR count). The molecule has 2 aromatic heterocycles. The van der Waals surface area contributed by atoms with Crippen LogP contribution in [0.4, 0.5) is 0 Å². The van der Waals surface area contributed by atoms with Gasteiger partial charge in [-0.05, 0) is 79.4 Å². The highest BCUT2D eigenvalue weighted by Crippen LogP contribution is 2.18. The van der Waals surface area contributed by atoms with Crippen molar-refractivity contribution in [3.8, 4) is 11.5 Å². The van der Waals surface area contributed by atoms with Crippen LogP contribution in [-0.4, -0.2) is 58.4 Å². The third-order valence-electron chi connectivity index (χ3n) is 7.00. The average molecular weight is 646 g/mol. The Kier molecular flexibility index (Phi) is 12.9. The van der Waals surface area contributed by atoms with Crippen LogP contribution < -0.4 is 10.1 Å². The van der Waals surface area contributed by atoms with E-state index in [0.29, 0.717) is 18.0 Å². The lowest BCUT2D eigenvalue weighted by molar-refractivity contribution is 0.130. The third kappa shape index (κ3) is 11.8. The van der Waals surface area contributed by atoms with E-state index in [2.05, 4.69) is 15.5 Å². The molecule has 0 aliphatic carbocycles. The summed E-state index contributed by atoms with van der Waals surface area (Å²) in [6.45, 7) is 8.03. The first-order chi connectivity index (χ1) is 22.2. The van der Waals surface area contributed by atoms with Crippen LogP contribution in [0.5, 0.6) is 11.5 Å². The minimum absolute atomic E-state index is 0.109. The number of hydrogen-bond donors (Lipinski definition) is 2. The van der Waals surface area contributed by atoms with E-state index in [0.717, 1.165) is 31.5 Å². The lowest BCUT2D eigenvalue weighted by Gasteiger charge is -2.20. The van der Waals surface area contributed by atoms with Crippen LogP contribution in [0.3, 0.4) is 0 Å². The van der Waals surface area contributed by atoms with E-state index in [1.54, 1.807) is 48.8 Å². The van der Waals surface area contributed by atoms with Gasteiger partial charge in [-0.25, -0.2) is 0 Å². The smallest absolute Gasteiger partial charge is 0.297 e. The maximum Gasteiger partial charge on any atom is 0.297 e. The molecular formula is C35H43N5O5S. The first kappa shape index (κ1) is 34.4. The molecule has 1 atom stereocenters. The fraction of sp³-hybridized carbons (Fsp3) is 0.314. The Morgan fingerprint density at radius 3 is 1.85 bits per heavy atom. The number of hydrogen-bond acceptors (Lipinski definition) is 8. The van der Waals surface area contributed by atoms with Gasteiger partial charge in [0.05, 0.1) is 4.90 Å². The monoisotopic (exact) mass is 645 g/mol. The second kappa shape index (κ2) is 17.3. The first-order valence-electron chi connectivity index (χ1n) is 15.3. The van der Waals surface area contributed by atoms with Crippen LogP contribution in [0, 0.1) is 6.92 Å². The summed E-state index contributed by atoms with van der Waals surface area (Å²) in [5, 5.41) is 20.6. The van der Waals surface area contributed by atoms with Crippen molar-refractivity contribution in [2.45, 2.75) is 63.7 Å². The number of nitrogens with zero attached hydrogens (tertiary/aromatic N) is 4. The fourth-order valence-electron chi connectivity index (χ4n) is 4.38. The molecule has 46 heavy (non-hydrogen) atoms. The Hall–Kier alpha value is -4.45. The molecule has 0 spiro atoms. The summed E-state index contributed by atoms with van der Waals surface area (Å²) in [4.78, 5) is 0.138. The Labute approximate surface area is 271 Å². The molecule has 0 radical (unpaired) electrons. The lowest BCUT2D eigenvalue weighted by Crippen LogP contribution is -2.38. The van der Waals surface area contributed by atoms with E-state index in [1.165, 1.54) is 11.1 Å². The van der Waals surface area contributed by atoms with Crippen LogP contribution in [0.1, 0.15) is 30.5 Å². The van der Waals surface area contributed by atoms with Gasteiger partial charge in [0.15, 0.2) is 0 Å². The van der Waals surface area contributed by atoms with Gasteiger partial charge in [0.1, 0.15) is 24.2 Å². The number of nitrogens with one attached hydrogen (secondary N) is 1. The molecule has 0 amide bonds. The van der Waals surface area contributed by atoms with Gasteiger partial charge in [-0.15, -0.1) is 0 Å². The molecule has 2 heterocycles. The summed E-state index contributed by atoms with van der Waals surface area (Å²) in [5.41, 5.74) is 3.36. The normalized spacial score (nSPS) is 12.0. The standard InChI is InChI=1S/C24H31N3O4S.C11H12N2O/c1-19(2)25-17-23(31-32(28,29)24-11-5-20(3)6-12-24)18-30-22-9-7-21(8-10-22)13-16-27-15-4-14-26-27;14-11-4-2-10(3-5-11)6-9-13-8-1-7-12-13/h4-12,14-15,19,23,25H,13,16-18H2,1-3H3;1-5,7-8,14H,6,9H2. The van der Waals surface area contributed by atoms with Gasteiger partial charge < -0.3 is 15.2 Å². The molecule has 0 saturated carbocycles. The van der Waals surface area contributed by atoms with Crippen LogP contribution >= 0.6 is 0 Å². The zero-order valence-corrected chi connectivity index (χ0v) is 27.4. The number of benzene rings is 3. The molecule has 11 heteroatoms. The van der Waals surface area contributed by atoms with Crippen LogP contribution in [0.15, 0.2) is 115 Å². The third-order valence-corrected chi connectivity index (χ3v) is 8.37. The molecule has 2 N–H and O–H groups in total. The number of rotatable bonds is 15. The Morgan fingerprint density at radius 1 is 0.804 bits per heavy atom. The summed E-state index contributed by atoms with van der Waals surface area (Å²) in [6.07, 6.45) is 8.55. The van der Waals surface area contributed by atoms with E-state index in [-0.39, 0.29) is 17.5 Å². The zero-order chi connectivity index (χ0) is 32.8. The van der Waals surface area contributed by atoms with Gasteiger partial charge in [-0.1, -0.05) is 55.8 Å². The summed E-state index contributed by atoms with van der Waals surface area (Å²) in [5.74, 6) is 0.978. The average Bonchev–Trinajstić information content (AvgIpc) is 3.77. The second-order valence-corrected chi connectivity index (χ2v) is 12.8. The highest BCUT2D eigenvalue weighted by atomic mass is 32.2. The summed E-state index contributed by atoms with van der Waals surface area (Å²) in [6, 6.07) is 25.7. The maximum atomic E-state index is 12.7. The molecule has 0 fully saturated rings. The number of phenols is 1. The van der Waals surface area contributed by atoms with E-state index < -0.39 is 16.2 Å². The van der Waals surface area contributed by atoms with E-state index in [4.69, 9.17) is 14.0 Å². The highest BCUT2D eigenvalue weighted by molar-refractivity contribution is 7.86. The predicted molar refractivity (Wildman–Crippen MR) is 178 cm³/mol. The molecule has 0 aliphatic heterocycles. The van der Waals surface area contributed by atoms with Crippen molar-refractivity contribution < 1.29 is 22.4 Å². The van der Waals surface area contributed by atoms with Gasteiger partial charge in [0.25, 0.3) is 10.1 Å². The lowest BCUT2D eigenvalue weighted by atomic mass is 10.1. The Morgan fingerprint density at radius 2 is 1.35 bits per heavy atom. The number of aromatic hydroxyl groups is 1. The van der Waals surface area contributed by atoms with Crippen molar-refractivity contribution >= 4 is 10.1 Å². The number of aryl methyl sites for hydroxylation is 5.